The standard InChI is InChI=1S/C13H10FN3OS/c1-2-11-16-12(9-5-6-19-13(9)17-11)18-8-3-4-10(14)15-7-8/h3-7H,2H2,1H3. The third-order valence-electron chi connectivity index (χ3n) is 2.57. The van der Waals surface area contributed by atoms with E-state index in [1.54, 1.807) is 0 Å². The number of rotatable bonds is 3. The number of aromatic nitrogens is 3. The van der Waals surface area contributed by atoms with E-state index in [4.69, 9.17) is 4.74 Å². The van der Waals surface area contributed by atoms with Gasteiger partial charge < -0.3 is 4.74 Å². The molecule has 3 aromatic rings. The summed E-state index contributed by atoms with van der Waals surface area (Å²) in [5.41, 5.74) is 0. The van der Waals surface area contributed by atoms with Gasteiger partial charge in [-0.15, -0.1) is 11.3 Å². The van der Waals surface area contributed by atoms with Gasteiger partial charge in [-0.2, -0.15) is 9.37 Å². The van der Waals surface area contributed by atoms with Crippen LogP contribution < -0.4 is 4.74 Å². The number of pyridine rings is 1. The zero-order valence-corrected chi connectivity index (χ0v) is 10.9. The van der Waals surface area contributed by atoms with E-state index in [0.29, 0.717) is 11.6 Å². The molecule has 0 saturated carbocycles. The molecule has 3 aromatic heterocycles. The molecular weight excluding hydrogens is 265 g/mol. The predicted octanol–water partition coefficient (Wildman–Crippen LogP) is 3.58. The van der Waals surface area contributed by atoms with Crippen molar-refractivity contribution in [2.45, 2.75) is 13.3 Å². The molecular formula is C13H10FN3OS. The normalized spacial score (nSPS) is 10.8. The lowest BCUT2D eigenvalue weighted by Crippen LogP contribution is -1.96. The minimum atomic E-state index is -0.537. The Balaban J connectivity index is 2.03. The van der Waals surface area contributed by atoms with Gasteiger partial charge in [0, 0.05) is 6.42 Å². The highest BCUT2D eigenvalue weighted by molar-refractivity contribution is 7.16. The van der Waals surface area contributed by atoms with Gasteiger partial charge in [0.25, 0.3) is 0 Å². The predicted molar refractivity (Wildman–Crippen MR) is 71.1 cm³/mol. The summed E-state index contributed by atoms with van der Waals surface area (Å²) in [5.74, 6) is 1.12. The zero-order valence-electron chi connectivity index (χ0n) is 10.1. The maximum atomic E-state index is 12.8. The molecule has 0 aliphatic rings. The van der Waals surface area contributed by atoms with Gasteiger partial charge in [0.2, 0.25) is 11.8 Å². The van der Waals surface area contributed by atoms with Crippen LogP contribution in [0.5, 0.6) is 11.6 Å². The van der Waals surface area contributed by atoms with Crippen LogP contribution in [0.2, 0.25) is 0 Å². The summed E-state index contributed by atoms with van der Waals surface area (Å²) in [5, 5.41) is 2.79. The van der Waals surface area contributed by atoms with Crippen LogP contribution in [0.3, 0.4) is 0 Å². The molecule has 0 saturated heterocycles. The molecule has 0 aliphatic carbocycles. The molecule has 0 radical (unpaired) electrons. The molecule has 0 atom stereocenters. The highest BCUT2D eigenvalue weighted by Crippen LogP contribution is 2.30. The van der Waals surface area contributed by atoms with E-state index in [2.05, 4.69) is 15.0 Å². The number of thiophene rings is 1. The molecule has 0 spiro atoms. The Labute approximate surface area is 112 Å². The van der Waals surface area contributed by atoms with Gasteiger partial charge >= 0.3 is 0 Å². The van der Waals surface area contributed by atoms with Crippen molar-refractivity contribution in [3.05, 3.63) is 41.5 Å². The number of hydrogen-bond acceptors (Lipinski definition) is 5. The van der Waals surface area contributed by atoms with E-state index in [-0.39, 0.29) is 0 Å². The van der Waals surface area contributed by atoms with E-state index < -0.39 is 5.95 Å². The molecule has 6 heteroatoms. The van der Waals surface area contributed by atoms with Crippen LogP contribution in [0.25, 0.3) is 10.2 Å². The first-order valence-corrected chi connectivity index (χ1v) is 6.67. The van der Waals surface area contributed by atoms with Crippen LogP contribution in [0.4, 0.5) is 4.39 Å². The molecule has 4 nitrogen and oxygen atoms in total. The van der Waals surface area contributed by atoms with Crippen LogP contribution in [0.15, 0.2) is 29.8 Å². The Morgan fingerprint density at radius 3 is 2.89 bits per heavy atom. The first-order chi connectivity index (χ1) is 9.26. The molecule has 0 N–H and O–H groups in total. The quantitative estimate of drug-likeness (QED) is 0.685. The Morgan fingerprint density at radius 2 is 2.16 bits per heavy atom. The summed E-state index contributed by atoms with van der Waals surface area (Å²) in [6.45, 7) is 1.98. The number of hydrogen-bond donors (Lipinski definition) is 0. The molecule has 3 heterocycles. The van der Waals surface area contributed by atoms with Gasteiger partial charge in [-0.05, 0) is 23.6 Å². The average molecular weight is 275 g/mol. The average Bonchev–Trinajstić information content (AvgIpc) is 2.89. The molecule has 0 aliphatic heterocycles. The van der Waals surface area contributed by atoms with E-state index >= 15 is 0 Å². The van der Waals surface area contributed by atoms with Crippen molar-refractivity contribution in [2.24, 2.45) is 0 Å². The minimum Gasteiger partial charge on any atom is -0.437 e. The van der Waals surface area contributed by atoms with Crippen LogP contribution >= 0.6 is 11.3 Å². The van der Waals surface area contributed by atoms with E-state index in [1.165, 1.54) is 29.7 Å². The maximum absolute atomic E-state index is 12.8. The highest BCUT2D eigenvalue weighted by atomic mass is 32.1. The molecule has 0 aromatic carbocycles. The number of ether oxygens (including phenoxy) is 1. The number of halogens is 1. The van der Waals surface area contributed by atoms with E-state index in [1.807, 2.05) is 18.4 Å². The third-order valence-corrected chi connectivity index (χ3v) is 3.37. The summed E-state index contributed by atoms with van der Waals surface area (Å²) >= 11 is 1.54. The zero-order chi connectivity index (χ0) is 13.2. The second-order valence-electron chi connectivity index (χ2n) is 3.86. The van der Waals surface area contributed by atoms with Crippen molar-refractivity contribution in [2.75, 3.05) is 0 Å². The fourth-order valence-electron chi connectivity index (χ4n) is 1.64. The molecule has 0 amide bonds. The summed E-state index contributed by atoms with van der Waals surface area (Å²) in [6, 6.07) is 4.68. The summed E-state index contributed by atoms with van der Waals surface area (Å²) < 4.78 is 18.4. The van der Waals surface area contributed by atoms with Crippen LogP contribution in [-0.2, 0) is 6.42 Å². The first-order valence-electron chi connectivity index (χ1n) is 5.80. The Kier molecular flexibility index (Phi) is 3.08. The van der Waals surface area contributed by atoms with Gasteiger partial charge in [-0.25, -0.2) is 9.97 Å². The largest absolute Gasteiger partial charge is 0.437 e. The van der Waals surface area contributed by atoms with Crippen molar-refractivity contribution >= 4 is 21.6 Å². The van der Waals surface area contributed by atoms with Crippen molar-refractivity contribution in [1.29, 1.82) is 0 Å². The van der Waals surface area contributed by atoms with Crippen molar-refractivity contribution in [3.63, 3.8) is 0 Å². The highest BCUT2D eigenvalue weighted by Gasteiger charge is 2.10. The topological polar surface area (TPSA) is 47.9 Å². The lowest BCUT2D eigenvalue weighted by atomic mass is 10.3. The van der Waals surface area contributed by atoms with Crippen LogP contribution in [0.1, 0.15) is 12.7 Å². The summed E-state index contributed by atoms with van der Waals surface area (Å²) in [4.78, 5) is 13.2. The fraction of sp³-hybridized carbons (Fsp3) is 0.154. The van der Waals surface area contributed by atoms with Gasteiger partial charge in [0.1, 0.15) is 16.4 Å². The Morgan fingerprint density at radius 1 is 1.26 bits per heavy atom. The van der Waals surface area contributed by atoms with E-state index in [0.717, 1.165) is 22.5 Å². The van der Waals surface area contributed by atoms with Crippen LogP contribution in [0, 0.1) is 5.95 Å². The van der Waals surface area contributed by atoms with Gasteiger partial charge in [0.05, 0.1) is 11.6 Å². The number of aryl methyl sites for hydroxylation is 1. The number of nitrogens with zero attached hydrogens (tertiary/aromatic N) is 3. The lowest BCUT2D eigenvalue weighted by Gasteiger charge is -2.06. The summed E-state index contributed by atoms with van der Waals surface area (Å²) in [6.07, 6.45) is 2.06. The second-order valence-corrected chi connectivity index (χ2v) is 4.75. The Hall–Kier alpha value is -2.08. The Bertz CT molecular complexity index is 711. The van der Waals surface area contributed by atoms with Crippen molar-refractivity contribution in [1.82, 2.24) is 15.0 Å². The molecule has 0 unspecified atom stereocenters. The molecule has 19 heavy (non-hydrogen) atoms. The lowest BCUT2D eigenvalue weighted by molar-refractivity contribution is 0.459. The third kappa shape index (κ3) is 2.39. The smallest absolute Gasteiger partial charge is 0.231 e. The molecule has 0 bridgehead atoms. The monoisotopic (exact) mass is 275 g/mol. The van der Waals surface area contributed by atoms with Gasteiger partial charge in [0.15, 0.2) is 0 Å². The van der Waals surface area contributed by atoms with Crippen molar-refractivity contribution in [3.8, 4) is 11.6 Å². The van der Waals surface area contributed by atoms with Gasteiger partial charge in [-0.1, -0.05) is 6.92 Å². The second kappa shape index (κ2) is 4.89. The first kappa shape index (κ1) is 12.0. The van der Waals surface area contributed by atoms with Crippen molar-refractivity contribution < 1.29 is 9.13 Å². The number of fused-ring (bicyclic) bond motifs is 1. The fourth-order valence-corrected chi connectivity index (χ4v) is 2.41. The van der Waals surface area contributed by atoms with E-state index in [9.17, 15) is 4.39 Å². The van der Waals surface area contributed by atoms with Gasteiger partial charge in [-0.3, -0.25) is 0 Å². The molecule has 0 fully saturated rings. The molecule has 3 rings (SSSR count). The summed E-state index contributed by atoms with van der Waals surface area (Å²) in [7, 11) is 0. The van der Waals surface area contributed by atoms with Crippen LogP contribution in [-0.4, -0.2) is 15.0 Å². The SMILES string of the molecule is CCc1nc(Oc2ccc(F)nc2)c2ccsc2n1. The maximum Gasteiger partial charge on any atom is 0.231 e. The molecule has 96 valence electrons. The minimum absolute atomic E-state index is 0.453.